The molecule has 0 atom stereocenters. The van der Waals surface area contributed by atoms with Gasteiger partial charge in [0.1, 0.15) is 5.82 Å². The van der Waals surface area contributed by atoms with Crippen LogP contribution < -0.4 is 5.32 Å². The highest BCUT2D eigenvalue weighted by atomic mass is 19.1. The lowest BCUT2D eigenvalue weighted by atomic mass is 10.2. The van der Waals surface area contributed by atoms with E-state index in [4.69, 9.17) is 0 Å². The van der Waals surface area contributed by atoms with Crippen molar-refractivity contribution in [1.29, 1.82) is 0 Å². The summed E-state index contributed by atoms with van der Waals surface area (Å²) in [4.78, 5) is 16.6. The maximum Gasteiger partial charge on any atom is 0.224 e. The molecule has 1 aliphatic rings. The second-order valence-electron chi connectivity index (χ2n) is 6.33. The van der Waals surface area contributed by atoms with E-state index in [2.05, 4.69) is 34.5 Å². The number of hydrogen-bond donors (Lipinski definition) is 1. The first-order chi connectivity index (χ1) is 12.2. The smallest absolute Gasteiger partial charge is 0.224 e. The number of rotatable bonds is 6. The summed E-state index contributed by atoms with van der Waals surface area (Å²) in [5.41, 5.74) is 2.02. The first-order valence-corrected chi connectivity index (χ1v) is 8.74. The van der Waals surface area contributed by atoms with E-state index in [1.165, 1.54) is 17.7 Å². The van der Waals surface area contributed by atoms with Gasteiger partial charge in [-0.3, -0.25) is 9.69 Å². The zero-order chi connectivity index (χ0) is 17.5. The summed E-state index contributed by atoms with van der Waals surface area (Å²) in [5, 5.41) is 3.10. The van der Waals surface area contributed by atoms with Crippen molar-refractivity contribution in [3.8, 4) is 0 Å². The van der Waals surface area contributed by atoms with Crippen molar-refractivity contribution in [1.82, 2.24) is 9.80 Å². The number of nitrogens with zero attached hydrogens (tertiary/aromatic N) is 2. The van der Waals surface area contributed by atoms with Crippen LogP contribution in [0.5, 0.6) is 0 Å². The minimum atomic E-state index is -0.272. The van der Waals surface area contributed by atoms with Crippen LogP contribution in [0.15, 0.2) is 54.6 Å². The van der Waals surface area contributed by atoms with Crippen LogP contribution in [-0.4, -0.2) is 48.4 Å². The van der Waals surface area contributed by atoms with E-state index in [0.717, 1.165) is 32.7 Å². The zero-order valence-electron chi connectivity index (χ0n) is 14.3. The summed E-state index contributed by atoms with van der Waals surface area (Å²) < 4.78 is 13.1. The molecule has 0 bridgehead atoms. The van der Waals surface area contributed by atoms with Crippen molar-refractivity contribution >= 4 is 11.6 Å². The molecule has 2 aromatic rings. The number of piperazine rings is 1. The molecule has 4 nitrogen and oxygen atoms in total. The minimum Gasteiger partial charge on any atom is -0.384 e. The van der Waals surface area contributed by atoms with Crippen molar-refractivity contribution in [2.75, 3.05) is 38.0 Å². The Kier molecular flexibility index (Phi) is 6.01. The molecule has 0 spiro atoms. The van der Waals surface area contributed by atoms with Crippen molar-refractivity contribution in [2.45, 2.75) is 13.0 Å². The highest BCUT2D eigenvalue weighted by Gasteiger charge is 2.20. The number of halogens is 1. The Labute approximate surface area is 148 Å². The number of anilines is 1. The van der Waals surface area contributed by atoms with Gasteiger partial charge in [0, 0.05) is 51.4 Å². The molecule has 5 heteroatoms. The monoisotopic (exact) mass is 341 g/mol. The van der Waals surface area contributed by atoms with Gasteiger partial charge in [-0.05, 0) is 23.8 Å². The van der Waals surface area contributed by atoms with Crippen LogP contribution in [0.2, 0.25) is 0 Å². The number of nitrogens with one attached hydrogen (secondary N) is 1. The van der Waals surface area contributed by atoms with Crippen LogP contribution >= 0.6 is 0 Å². The van der Waals surface area contributed by atoms with Gasteiger partial charge < -0.3 is 10.2 Å². The Bertz CT molecular complexity index is 684. The average molecular weight is 341 g/mol. The van der Waals surface area contributed by atoms with Gasteiger partial charge in [0.15, 0.2) is 0 Å². The normalized spacial score (nSPS) is 15.2. The van der Waals surface area contributed by atoms with E-state index < -0.39 is 0 Å². The Morgan fingerprint density at radius 1 is 1.00 bits per heavy atom. The highest BCUT2D eigenvalue weighted by Crippen LogP contribution is 2.11. The van der Waals surface area contributed by atoms with Crippen LogP contribution in [-0.2, 0) is 11.3 Å². The number of carbonyl (C=O) groups is 1. The SMILES string of the molecule is O=C(CCNc1cccc(F)c1)N1CCN(Cc2ccccc2)CC1. The van der Waals surface area contributed by atoms with E-state index in [0.29, 0.717) is 18.7 Å². The number of benzene rings is 2. The molecular weight excluding hydrogens is 317 g/mol. The quantitative estimate of drug-likeness (QED) is 0.877. The Morgan fingerprint density at radius 2 is 1.76 bits per heavy atom. The van der Waals surface area contributed by atoms with Gasteiger partial charge in [-0.2, -0.15) is 0 Å². The fraction of sp³-hybridized carbons (Fsp3) is 0.350. The van der Waals surface area contributed by atoms with Crippen LogP contribution in [0, 0.1) is 5.82 Å². The Balaban J connectivity index is 1.38. The van der Waals surface area contributed by atoms with Crippen molar-refractivity contribution in [2.24, 2.45) is 0 Å². The maximum absolute atomic E-state index is 13.1. The summed E-state index contributed by atoms with van der Waals surface area (Å²) >= 11 is 0. The van der Waals surface area contributed by atoms with E-state index in [1.807, 2.05) is 11.0 Å². The fourth-order valence-corrected chi connectivity index (χ4v) is 3.07. The predicted octanol–water partition coefficient (Wildman–Crippen LogP) is 2.97. The lowest BCUT2D eigenvalue weighted by Gasteiger charge is -2.34. The molecule has 1 heterocycles. The largest absolute Gasteiger partial charge is 0.384 e. The van der Waals surface area contributed by atoms with Gasteiger partial charge in [0.2, 0.25) is 5.91 Å². The third-order valence-corrected chi connectivity index (χ3v) is 4.47. The van der Waals surface area contributed by atoms with Gasteiger partial charge in [-0.15, -0.1) is 0 Å². The van der Waals surface area contributed by atoms with Crippen molar-refractivity contribution in [3.05, 3.63) is 66.0 Å². The summed E-state index contributed by atoms with van der Waals surface area (Å²) in [6, 6.07) is 16.7. The molecule has 1 saturated heterocycles. The van der Waals surface area contributed by atoms with Gasteiger partial charge in [-0.25, -0.2) is 4.39 Å². The molecule has 3 rings (SSSR count). The molecule has 0 unspecified atom stereocenters. The first kappa shape index (κ1) is 17.4. The van der Waals surface area contributed by atoms with Gasteiger partial charge in [0.25, 0.3) is 0 Å². The molecule has 0 radical (unpaired) electrons. The van der Waals surface area contributed by atoms with Gasteiger partial charge in [-0.1, -0.05) is 36.4 Å². The van der Waals surface area contributed by atoms with Crippen molar-refractivity contribution < 1.29 is 9.18 Å². The summed E-state index contributed by atoms with van der Waals surface area (Å²) in [5.74, 6) is -0.117. The maximum atomic E-state index is 13.1. The van der Waals surface area contributed by atoms with Crippen molar-refractivity contribution in [3.63, 3.8) is 0 Å². The molecule has 2 aromatic carbocycles. The standard InChI is InChI=1S/C20H24FN3O/c21-18-7-4-8-19(15-18)22-10-9-20(25)24-13-11-23(12-14-24)16-17-5-2-1-3-6-17/h1-8,15,22H,9-14,16H2. The van der Waals surface area contributed by atoms with Gasteiger partial charge >= 0.3 is 0 Å². The summed E-state index contributed by atoms with van der Waals surface area (Å²) in [6.07, 6.45) is 0.426. The van der Waals surface area contributed by atoms with Gasteiger partial charge in [0.05, 0.1) is 0 Å². The second-order valence-corrected chi connectivity index (χ2v) is 6.33. The van der Waals surface area contributed by atoms with E-state index in [1.54, 1.807) is 12.1 Å². The number of carbonyl (C=O) groups excluding carboxylic acids is 1. The van der Waals surface area contributed by atoms with E-state index >= 15 is 0 Å². The summed E-state index contributed by atoms with van der Waals surface area (Å²) in [7, 11) is 0. The Hall–Kier alpha value is -2.40. The highest BCUT2D eigenvalue weighted by molar-refractivity contribution is 5.76. The third-order valence-electron chi connectivity index (χ3n) is 4.47. The first-order valence-electron chi connectivity index (χ1n) is 8.74. The van der Waals surface area contributed by atoms with Crippen LogP contribution in [0.25, 0.3) is 0 Å². The zero-order valence-corrected chi connectivity index (χ0v) is 14.3. The molecule has 0 aromatic heterocycles. The van der Waals surface area contributed by atoms with E-state index in [9.17, 15) is 9.18 Å². The molecule has 0 aliphatic carbocycles. The average Bonchev–Trinajstić information content (AvgIpc) is 2.63. The second kappa shape index (κ2) is 8.62. The molecule has 132 valence electrons. The fourth-order valence-electron chi connectivity index (χ4n) is 3.07. The lowest BCUT2D eigenvalue weighted by Crippen LogP contribution is -2.48. The number of amides is 1. The van der Waals surface area contributed by atoms with Crippen LogP contribution in [0.1, 0.15) is 12.0 Å². The minimum absolute atomic E-state index is 0.156. The number of hydrogen-bond acceptors (Lipinski definition) is 3. The van der Waals surface area contributed by atoms with Crippen LogP contribution in [0.4, 0.5) is 10.1 Å². The van der Waals surface area contributed by atoms with Crippen LogP contribution in [0.3, 0.4) is 0 Å². The molecular formula is C20H24FN3O. The predicted molar refractivity (Wildman–Crippen MR) is 97.8 cm³/mol. The molecule has 0 saturated carbocycles. The Morgan fingerprint density at radius 3 is 2.48 bits per heavy atom. The third kappa shape index (κ3) is 5.29. The molecule has 1 aliphatic heterocycles. The molecule has 25 heavy (non-hydrogen) atoms. The molecule has 1 fully saturated rings. The summed E-state index contributed by atoms with van der Waals surface area (Å²) in [6.45, 7) is 4.80. The molecule has 1 amide bonds. The topological polar surface area (TPSA) is 35.6 Å². The van der Waals surface area contributed by atoms with E-state index in [-0.39, 0.29) is 11.7 Å². The molecule has 1 N–H and O–H groups in total. The lowest BCUT2D eigenvalue weighted by molar-refractivity contribution is -0.132.